The van der Waals surface area contributed by atoms with Crippen molar-refractivity contribution in [2.75, 3.05) is 13.2 Å². The summed E-state index contributed by atoms with van der Waals surface area (Å²) in [6, 6.07) is 25.1. The van der Waals surface area contributed by atoms with Crippen LogP contribution in [0.5, 0.6) is 5.75 Å². The van der Waals surface area contributed by atoms with Gasteiger partial charge in [0.25, 0.3) is 0 Å². The van der Waals surface area contributed by atoms with Crippen LogP contribution in [0.2, 0.25) is 0 Å². The Morgan fingerprint density at radius 1 is 0.889 bits per heavy atom. The highest BCUT2D eigenvalue weighted by Crippen LogP contribution is 2.26. The number of rotatable bonds is 9. The van der Waals surface area contributed by atoms with Crippen molar-refractivity contribution in [2.45, 2.75) is 39.0 Å². The first-order valence-electron chi connectivity index (χ1n) is 9.58. The van der Waals surface area contributed by atoms with Crippen LogP contribution in [0.25, 0.3) is 10.8 Å². The van der Waals surface area contributed by atoms with E-state index in [1.165, 1.54) is 10.9 Å². The van der Waals surface area contributed by atoms with Gasteiger partial charge in [-0.3, -0.25) is 0 Å². The van der Waals surface area contributed by atoms with Gasteiger partial charge in [-0.1, -0.05) is 80.6 Å². The number of benzene rings is 3. The Kier molecular flexibility index (Phi) is 6.49. The van der Waals surface area contributed by atoms with Gasteiger partial charge in [0.2, 0.25) is 0 Å². The van der Waals surface area contributed by atoms with Gasteiger partial charge in [-0.25, -0.2) is 0 Å². The lowest BCUT2D eigenvalue weighted by Gasteiger charge is -2.31. The van der Waals surface area contributed by atoms with Crippen molar-refractivity contribution in [3.63, 3.8) is 0 Å². The molecule has 0 aliphatic rings. The smallest absolute Gasteiger partial charge is 0.127 e. The molecule has 0 saturated carbocycles. The van der Waals surface area contributed by atoms with Crippen molar-refractivity contribution in [1.82, 2.24) is 5.32 Å². The molecular weight excluding hydrogens is 334 g/mol. The highest BCUT2D eigenvalue weighted by molar-refractivity contribution is 5.88. The summed E-state index contributed by atoms with van der Waals surface area (Å²) >= 11 is 0. The summed E-state index contributed by atoms with van der Waals surface area (Å²) in [6.07, 6.45) is 0. The van der Waals surface area contributed by atoms with Gasteiger partial charge in [0.05, 0.1) is 6.61 Å². The fraction of sp³-hybridized carbons (Fsp3) is 0.333. The maximum Gasteiger partial charge on any atom is 0.127 e. The molecule has 0 heterocycles. The molecule has 27 heavy (non-hydrogen) atoms. The zero-order chi connectivity index (χ0) is 19.1. The molecule has 0 saturated heterocycles. The van der Waals surface area contributed by atoms with Gasteiger partial charge in [-0.05, 0) is 23.9 Å². The third-order valence-corrected chi connectivity index (χ3v) is 4.60. The molecule has 0 spiro atoms. The van der Waals surface area contributed by atoms with E-state index in [0.717, 1.165) is 17.7 Å². The number of ether oxygens (including phenoxy) is 2. The molecule has 1 N–H and O–H groups in total. The molecule has 0 aliphatic carbocycles. The highest BCUT2D eigenvalue weighted by Gasteiger charge is 2.27. The molecule has 3 nitrogen and oxygen atoms in total. The molecule has 142 valence electrons. The lowest BCUT2D eigenvalue weighted by molar-refractivity contribution is -0.0691. The van der Waals surface area contributed by atoms with Crippen LogP contribution in [0.3, 0.4) is 0 Å². The van der Waals surface area contributed by atoms with E-state index in [9.17, 15) is 0 Å². The molecule has 0 aliphatic heterocycles. The third kappa shape index (κ3) is 5.56. The topological polar surface area (TPSA) is 30.5 Å². The van der Waals surface area contributed by atoms with E-state index in [1.54, 1.807) is 0 Å². The van der Waals surface area contributed by atoms with Crippen LogP contribution < -0.4 is 10.1 Å². The zero-order valence-electron chi connectivity index (χ0n) is 16.4. The largest absolute Gasteiger partial charge is 0.490 e. The normalized spacial score (nSPS) is 13.6. The SMILES string of the molecule is CC(C)NCC(C)(COc1cccc2ccccc12)OCc1ccccc1. The molecule has 3 aromatic carbocycles. The Bertz CT molecular complexity index is 842. The number of hydrogen-bond donors (Lipinski definition) is 1. The Hall–Kier alpha value is -2.36. The highest BCUT2D eigenvalue weighted by atomic mass is 16.5. The van der Waals surface area contributed by atoms with E-state index in [2.05, 4.69) is 56.4 Å². The number of nitrogens with one attached hydrogen (secondary N) is 1. The number of fused-ring (bicyclic) bond motifs is 1. The molecule has 0 bridgehead atoms. The van der Waals surface area contributed by atoms with Crippen LogP contribution in [0.1, 0.15) is 26.3 Å². The fourth-order valence-corrected chi connectivity index (χ4v) is 2.95. The third-order valence-electron chi connectivity index (χ3n) is 4.60. The minimum absolute atomic E-state index is 0.391. The van der Waals surface area contributed by atoms with Crippen LogP contribution in [0.15, 0.2) is 72.8 Å². The quantitative estimate of drug-likeness (QED) is 0.567. The van der Waals surface area contributed by atoms with Gasteiger partial charge in [0.1, 0.15) is 18.0 Å². The molecule has 0 fully saturated rings. The predicted molar refractivity (Wildman–Crippen MR) is 112 cm³/mol. The molecule has 1 unspecified atom stereocenters. The van der Waals surface area contributed by atoms with Crippen molar-refractivity contribution < 1.29 is 9.47 Å². The first kappa shape index (κ1) is 19.4. The summed E-state index contributed by atoms with van der Waals surface area (Å²) in [5.74, 6) is 0.896. The summed E-state index contributed by atoms with van der Waals surface area (Å²) in [5, 5.41) is 5.80. The Labute approximate surface area is 162 Å². The van der Waals surface area contributed by atoms with E-state index in [4.69, 9.17) is 9.47 Å². The summed E-state index contributed by atoms with van der Waals surface area (Å²) in [6.45, 7) is 8.16. The van der Waals surface area contributed by atoms with Gasteiger partial charge in [-0.15, -0.1) is 0 Å². The molecule has 0 amide bonds. The molecule has 0 radical (unpaired) electrons. The van der Waals surface area contributed by atoms with Gasteiger partial charge in [-0.2, -0.15) is 0 Å². The molecular formula is C24H29NO2. The summed E-state index contributed by atoms with van der Waals surface area (Å²) < 4.78 is 12.6. The summed E-state index contributed by atoms with van der Waals surface area (Å²) in [7, 11) is 0. The first-order valence-corrected chi connectivity index (χ1v) is 9.58. The molecule has 3 aromatic rings. The van der Waals surface area contributed by atoms with Crippen LogP contribution >= 0.6 is 0 Å². The van der Waals surface area contributed by atoms with Crippen molar-refractivity contribution in [2.24, 2.45) is 0 Å². The Morgan fingerprint density at radius 2 is 1.59 bits per heavy atom. The van der Waals surface area contributed by atoms with Crippen LogP contribution in [0.4, 0.5) is 0 Å². The van der Waals surface area contributed by atoms with Crippen LogP contribution in [-0.2, 0) is 11.3 Å². The predicted octanol–water partition coefficient (Wildman–Crippen LogP) is 5.19. The molecule has 0 aromatic heterocycles. The lowest BCUT2D eigenvalue weighted by Crippen LogP contribution is -2.47. The maximum atomic E-state index is 6.31. The standard InChI is InChI=1S/C24H29NO2/c1-19(2)25-17-24(3,27-16-20-10-5-4-6-11-20)18-26-23-15-9-13-21-12-7-8-14-22(21)23/h4-15,19,25H,16-18H2,1-3H3. The second-order valence-electron chi connectivity index (χ2n) is 7.53. The zero-order valence-corrected chi connectivity index (χ0v) is 16.4. The monoisotopic (exact) mass is 363 g/mol. The molecule has 3 heteroatoms. The summed E-state index contributed by atoms with van der Waals surface area (Å²) in [5.41, 5.74) is 0.732. The summed E-state index contributed by atoms with van der Waals surface area (Å²) in [4.78, 5) is 0. The second-order valence-corrected chi connectivity index (χ2v) is 7.53. The van der Waals surface area contributed by atoms with Gasteiger partial charge in [0, 0.05) is 18.0 Å². The average Bonchev–Trinajstić information content (AvgIpc) is 2.70. The van der Waals surface area contributed by atoms with Gasteiger partial charge >= 0.3 is 0 Å². The van der Waals surface area contributed by atoms with Gasteiger partial charge in [0.15, 0.2) is 0 Å². The fourth-order valence-electron chi connectivity index (χ4n) is 2.95. The minimum Gasteiger partial charge on any atom is -0.490 e. The molecule has 1 atom stereocenters. The average molecular weight is 364 g/mol. The Balaban J connectivity index is 1.72. The Morgan fingerprint density at radius 3 is 2.37 bits per heavy atom. The maximum absolute atomic E-state index is 6.31. The van der Waals surface area contributed by atoms with E-state index < -0.39 is 5.60 Å². The van der Waals surface area contributed by atoms with Gasteiger partial charge < -0.3 is 14.8 Å². The van der Waals surface area contributed by atoms with E-state index >= 15 is 0 Å². The van der Waals surface area contributed by atoms with Crippen LogP contribution in [0, 0.1) is 0 Å². The first-order chi connectivity index (χ1) is 13.1. The van der Waals surface area contributed by atoms with Crippen molar-refractivity contribution >= 4 is 10.8 Å². The number of hydrogen-bond acceptors (Lipinski definition) is 3. The van der Waals surface area contributed by atoms with Crippen molar-refractivity contribution in [3.05, 3.63) is 78.4 Å². The van der Waals surface area contributed by atoms with Crippen molar-refractivity contribution in [1.29, 1.82) is 0 Å². The second kappa shape index (κ2) is 9.03. The lowest BCUT2D eigenvalue weighted by atomic mass is 10.1. The molecule has 3 rings (SSSR count). The minimum atomic E-state index is -0.433. The van der Waals surface area contributed by atoms with E-state index in [0.29, 0.717) is 19.3 Å². The van der Waals surface area contributed by atoms with Crippen molar-refractivity contribution in [3.8, 4) is 5.75 Å². The van der Waals surface area contributed by atoms with Crippen LogP contribution in [-0.4, -0.2) is 24.8 Å². The van der Waals surface area contributed by atoms with E-state index in [1.807, 2.05) is 42.5 Å². The van der Waals surface area contributed by atoms with E-state index in [-0.39, 0.29) is 0 Å².